The second-order valence-electron chi connectivity index (χ2n) is 9.07. The van der Waals surface area contributed by atoms with E-state index in [1.54, 1.807) is 0 Å². The van der Waals surface area contributed by atoms with Gasteiger partial charge in [-0.15, -0.1) is 0 Å². The maximum absolute atomic E-state index is 14.6. The number of alkyl halides is 34. The van der Waals surface area contributed by atoms with Crippen molar-refractivity contribution < 1.29 is 149 Å². The summed E-state index contributed by atoms with van der Waals surface area (Å²) in [5.41, 5.74) is 0. The number of rotatable bonds is 10. The van der Waals surface area contributed by atoms with E-state index in [1.807, 2.05) is 0 Å². The van der Waals surface area contributed by atoms with Gasteiger partial charge < -0.3 is 0 Å². The van der Waals surface area contributed by atoms with E-state index < -0.39 is 96.4 Å². The van der Waals surface area contributed by atoms with Crippen LogP contribution >= 0.6 is 0 Å². The normalized spacial score (nSPS) is 18.4. The molecule has 0 saturated heterocycles. The first-order chi connectivity index (χ1) is 20.8. The molecule has 0 saturated carbocycles. The Morgan fingerprint density at radius 1 is 0.180 bits per heavy atom. The van der Waals surface area contributed by atoms with Gasteiger partial charge in [-0.25, -0.2) is 4.39 Å². The van der Waals surface area contributed by atoms with Crippen LogP contribution in [0.2, 0.25) is 0 Å². The molecule has 0 spiro atoms. The number of halogens is 34. The molecule has 0 fully saturated rings. The van der Waals surface area contributed by atoms with Gasteiger partial charge in [-0.3, -0.25) is 0 Å². The monoisotopic (exact) mass is 854 g/mol. The largest absolute Gasteiger partial charge is 0.478 e. The Hall–Kier alpha value is -2.16. The molecule has 0 aliphatic heterocycles. The summed E-state index contributed by atoms with van der Waals surface area (Å²) in [6, 6.07) is 0. The molecule has 0 aromatic rings. The van der Waals surface area contributed by atoms with Gasteiger partial charge in [0.25, 0.3) is 5.29 Å². The third-order valence-electron chi connectivity index (χ3n) is 6.13. The molecule has 0 N–H and O–H groups in total. The quantitative estimate of drug-likeness (QED) is 0.152. The summed E-state index contributed by atoms with van der Waals surface area (Å²) in [7, 11) is -12.7. The number of hydrogen-bond acceptors (Lipinski definition) is 0. The van der Waals surface area contributed by atoms with Crippen molar-refractivity contribution >= 4 is 8.07 Å². The maximum Gasteiger partial charge on any atom is 0.478 e. The average Bonchev–Trinajstić information content (AvgIpc) is 2.78. The van der Waals surface area contributed by atoms with Gasteiger partial charge in [0.15, 0.2) is 0 Å². The van der Waals surface area contributed by atoms with Crippen molar-refractivity contribution in [2.45, 2.75) is 88.3 Å². The summed E-state index contributed by atoms with van der Waals surface area (Å²) < 4.78 is 452. The van der Waals surface area contributed by atoms with Crippen LogP contribution in [0.3, 0.4) is 0 Å². The first-order valence-corrected chi connectivity index (χ1v) is 12.2. The van der Waals surface area contributed by atoms with Crippen LogP contribution in [-0.4, -0.2) is 96.4 Å². The van der Waals surface area contributed by atoms with Crippen LogP contribution in [0, 0.1) is 0 Å². The van der Waals surface area contributed by atoms with Gasteiger partial charge in [0.1, 0.15) is 0 Å². The van der Waals surface area contributed by atoms with Crippen LogP contribution in [0.4, 0.5) is 149 Å². The Morgan fingerprint density at radius 3 is 0.480 bits per heavy atom. The number of hydrogen-bond donors (Lipinski definition) is 0. The molecule has 0 amide bonds. The highest BCUT2D eigenvalue weighted by molar-refractivity contribution is 6.88. The highest BCUT2D eigenvalue weighted by atomic mass is 28.3. The molecule has 0 bridgehead atoms. The first-order valence-electron chi connectivity index (χ1n) is 10.2. The van der Waals surface area contributed by atoms with Crippen molar-refractivity contribution in [1.82, 2.24) is 0 Å². The van der Waals surface area contributed by atoms with E-state index >= 15 is 0 Å². The fourth-order valence-corrected chi connectivity index (χ4v) is 6.66. The Balaban J connectivity index is 8.41. The van der Waals surface area contributed by atoms with Crippen molar-refractivity contribution in [2.75, 3.05) is 0 Å². The predicted molar refractivity (Wildman–Crippen MR) is 84.4 cm³/mol. The molecule has 0 aromatic carbocycles. The van der Waals surface area contributed by atoms with Crippen LogP contribution in [0.25, 0.3) is 0 Å². The molecular formula is C15F34Si. The van der Waals surface area contributed by atoms with E-state index in [9.17, 15) is 149 Å². The molecule has 0 heterocycles. The van der Waals surface area contributed by atoms with E-state index in [-0.39, 0.29) is 0 Å². The Kier molecular flexibility index (Phi) is 10.7. The Bertz CT molecular complexity index is 1190. The van der Waals surface area contributed by atoms with E-state index in [2.05, 4.69) is 0 Å². The molecule has 0 aliphatic carbocycles. The molecule has 0 aliphatic rings. The van der Waals surface area contributed by atoms with Crippen molar-refractivity contribution in [3.8, 4) is 0 Å². The highest BCUT2D eigenvalue weighted by Gasteiger charge is 3.09. The summed E-state index contributed by atoms with van der Waals surface area (Å²) in [4.78, 5) is 0. The molecule has 0 aromatic heterocycles. The molecule has 0 radical (unpaired) electrons. The zero-order chi connectivity index (χ0) is 42.0. The Labute approximate surface area is 247 Å². The Morgan fingerprint density at radius 2 is 0.340 bits per heavy atom. The summed E-state index contributed by atoms with van der Waals surface area (Å²) >= 11 is 0. The lowest BCUT2D eigenvalue weighted by atomic mass is 9.85. The maximum atomic E-state index is 14.6. The van der Waals surface area contributed by atoms with Gasteiger partial charge >= 0.3 is 91.1 Å². The van der Waals surface area contributed by atoms with Crippen LogP contribution < -0.4 is 0 Å². The lowest BCUT2D eigenvalue weighted by molar-refractivity contribution is -0.478. The summed E-state index contributed by atoms with van der Waals surface area (Å²) in [5, 5.41) is -10.6. The van der Waals surface area contributed by atoms with E-state index in [0.29, 0.717) is 0 Å². The molecule has 35 heteroatoms. The molecule has 50 heavy (non-hydrogen) atoms. The SMILES string of the molecule is FC(F)(F)C(F)(F)C(F)(F)C(F)(F)C(F)(F)C(F)(F)C(F)(F)C(F)(F)C(F)(F)C(F)(F)C(F)(C(F)(F)F)[Si](C(F)(F)F)(C(F)(F)F)C(F)(F)F. The molecule has 302 valence electrons. The van der Waals surface area contributed by atoms with E-state index in [1.165, 1.54) is 0 Å². The van der Waals surface area contributed by atoms with Gasteiger partial charge in [0.05, 0.1) is 0 Å². The summed E-state index contributed by atoms with van der Waals surface area (Å²) in [5.74, 6) is -119. The van der Waals surface area contributed by atoms with E-state index in [4.69, 9.17) is 0 Å². The molecule has 0 nitrogen and oxygen atoms in total. The predicted octanol–water partition coefficient (Wildman–Crippen LogP) is 10.8. The van der Waals surface area contributed by atoms with Crippen molar-refractivity contribution in [3.05, 3.63) is 0 Å². The summed E-state index contributed by atoms with van der Waals surface area (Å²) in [6.45, 7) is 0. The smallest absolute Gasteiger partial charge is 0.230 e. The first kappa shape index (κ1) is 47.8. The van der Waals surface area contributed by atoms with Crippen LogP contribution in [0.1, 0.15) is 0 Å². The highest BCUT2D eigenvalue weighted by Crippen LogP contribution is 2.71. The van der Waals surface area contributed by atoms with Crippen LogP contribution in [-0.2, 0) is 0 Å². The molecule has 0 rings (SSSR count). The minimum absolute atomic E-state index is 8.44. The minimum Gasteiger partial charge on any atom is -0.230 e. The standard InChI is InChI=1S/C15F34Si/c16-1(17,3(20,21)5(24,25)7(28,29)9(32,33)11(35,36)37)2(18,19)4(22,23)6(26,27)8(30,31)10(34,12(38,39)40)50(13(41,42)43,14(44,45)46)15(47,48)49. The molecule has 1 unspecified atom stereocenters. The topological polar surface area (TPSA) is 0 Å². The van der Waals surface area contributed by atoms with Gasteiger partial charge in [-0.05, 0) is 0 Å². The van der Waals surface area contributed by atoms with Crippen molar-refractivity contribution in [1.29, 1.82) is 0 Å². The third-order valence-corrected chi connectivity index (χ3v) is 10.3. The van der Waals surface area contributed by atoms with E-state index in [0.717, 1.165) is 0 Å². The van der Waals surface area contributed by atoms with Crippen LogP contribution in [0.5, 0.6) is 0 Å². The van der Waals surface area contributed by atoms with Gasteiger partial charge in [0, 0.05) is 0 Å². The zero-order valence-corrected chi connectivity index (χ0v) is 21.9. The zero-order valence-electron chi connectivity index (χ0n) is 20.9. The van der Waals surface area contributed by atoms with Gasteiger partial charge in [-0.2, -0.15) is 145 Å². The van der Waals surface area contributed by atoms with Gasteiger partial charge in [-0.1, -0.05) is 0 Å². The van der Waals surface area contributed by atoms with Crippen LogP contribution in [0.15, 0.2) is 0 Å². The fourth-order valence-electron chi connectivity index (χ4n) is 3.47. The lowest BCUT2D eigenvalue weighted by Crippen LogP contribution is -2.91. The fraction of sp³-hybridized carbons (Fsp3) is 1.00. The molecular weight excluding hydrogens is 854 g/mol. The summed E-state index contributed by atoms with van der Waals surface area (Å²) in [6.07, 6.45) is -18.2. The molecule has 1 atom stereocenters. The second kappa shape index (κ2) is 11.2. The minimum atomic E-state index is -12.7. The van der Waals surface area contributed by atoms with Gasteiger partial charge in [0.2, 0.25) is 0 Å². The third kappa shape index (κ3) is 5.22. The second-order valence-corrected chi connectivity index (χ2v) is 13.0. The average molecular weight is 854 g/mol. The van der Waals surface area contributed by atoms with Crippen molar-refractivity contribution in [2.24, 2.45) is 0 Å². The lowest BCUT2D eigenvalue weighted by Gasteiger charge is -2.51. The van der Waals surface area contributed by atoms with Crippen molar-refractivity contribution in [3.63, 3.8) is 0 Å².